The Morgan fingerprint density at radius 2 is 2.23 bits per heavy atom. The molecular formula is C17H24ClN5O3. The quantitative estimate of drug-likeness (QED) is 0.674. The maximum Gasteiger partial charge on any atom is 0.253 e. The third kappa shape index (κ3) is 5.25. The third-order valence-electron chi connectivity index (χ3n) is 4.06. The number of hydrogen-bond acceptors (Lipinski definition) is 6. The molecule has 1 fully saturated rings. The SMILES string of the molecule is CC(OCC1CCCO1)C(=O)Nc1ccc(-c2n[nH]c(CN)n2)cc1.Cl. The van der Waals surface area contributed by atoms with Crippen molar-refractivity contribution in [2.24, 2.45) is 5.73 Å². The van der Waals surface area contributed by atoms with Crippen LogP contribution in [0.2, 0.25) is 0 Å². The number of halogens is 1. The van der Waals surface area contributed by atoms with Gasteiger partial charge in [0.15, 0.2) is 5.82 Å². The van der Waals surface area contributed by atoms with Gasteiger partial charge in [0.05, 0.1) is 19.3 Å². The Balaban J connectivity index is 0.00000243. The molecule has 9 heteroatoms. The van der Waals surface area contributed by atoms with Gasteiger partial charge in [-0.2, -0.15) is 5.10 Å². The van der Waals surface area contributed by atoms with E-state index in [2.05, 4.69) is 20.5 Å². The Kier molecular flexibility index (Phi) is 7.52. The van der Waals surface area contributed by atoms with E-state index in [4.69, 9.17) is 15.2 Å². The second kappa shape index (κ2) is 9.63. The highest BCUT2D eigenvalue weighted by Gasteiger charge is 2.20. The standard InChI is InChI=1S/C17H23N5O3.ClH/c1-11(25-10-14-3-2-8-24-14)17(23)19-13-6-4-12(5-7-13)16-20-15(9-18)21-22-16;/h4-7,11,14H,2-3,8-10,18H2,1H3,(H,19,23)(H,20,21,22);1H. The second-order valence-corrected chi connectivity index (χ2v) is 5.99. The number of nitrogens with one attached hydrogen (secondary N) is 2. The topological polar surface area (TPSA) is 115 Å². The minimum Gasteiger partial charge on any atom is -0.376 e. The zero-order valence-corrected chi connectivity index (χ0v) is 15.4. The Morgan fingerprint density at radius 1 is 1.46 bits per heavy atom. The van der Waals surface area contributed by atoms with E-state index in [0.29, 0.717) is 30.5 Å². The van der Waals surface area contributed by atoms with Crippen LogP contribution >= 0.6 is 12.4 Å². The molecule has 0 saturated carbocycles. The summed E-state index contributed by atoms with van der Waals surface area (Å²) in [7, 11) is 0. The van der Waals surface area contributed by atoms with Crippen molar-refractivity contribution in [2.75, 3.05) is 18.5 Å². The summed E-state index contributed by atoms with van der Waals surface area (Å²) in [6.07, 6.45) is 1.61. The van der Waals surface area contributed by atoms with Crippen molar-refractivity contribution < 1.29 is 14.3 Å². The molecule has 142 valence electrons. The van der Waals surface area contributed by atoms with E-state index < -0.39 is 6.10 Å². The first-order valence-corrected chi connectivity index (χ1v) is 8.41. The zero-order valence-electron chi connectivity index (χ0n) is 14.6. The number of aromatic nitrogens is 3. The average Bonchev–Trinajstić information content (AvgIpc) is 3.32. The van der Waals surface area contributed by atoms with E-state index in [-0.39, 0.29) is 24.4 Å². The highest BCUT2D eigenvalue weighted by molar-refractivity contribution is 5.94. The lowest BCUT2D eigenvalue weighted by Gasteiger charge is -2.16. The molecule has 2 unspecified atom stereocenters. The molecule has 2 atom stereocenters. The molecule has 1 aromatic carbocycles. The molecule has 2 heterocycles. The van der Waals surface area contributed by atoms with Gasteiger partial charge < -0.3 is 20.5 Å². The lowest BCUT2D eigenvalue weighted by molar-refractivity contribution is -0.128. The molecule has 0 radical (unpaired) electrons. The van der Waals surface area contributed by atoms with Crippen LogP contribution in [-0.4, -0.2) is 46.5 Å². The van der Waals surface area contributed by atoms with Gasteiger partial charge in [0.2, 0.25) is 0 Å². The van der Waals surface area contributed by atoms with Crippen molar-refractivity contribution in [1.82, 2.24) is 15.2 Å². The Hall–Kier alpha value is -2.00. The molecule has 8 nitrogen and oxygen atoms in total. The van der Waals surface area contributed by atoms with Crippen molar-refractivity contribution in [2.45, 2.75) is 38.5 Å². The lowest BCUT2D eigenvalue weighted by Crippen LogP contribution is -2.30. The molecule has 0 bridgehead atoms. The molecule has 1 aromatic heterocycles. The third-order valence-corrected chi connectivity index (χ3v) is 4.06. The molecule has 1 aliphatic rings. The number of carbonyl (C=O) groups is 1. The molecule has 1 amide bonds. The Morgan fingerprint density at radius 3 is 2.85 bits per heavy atom. The number of amides is 1. The summed E-state index contributed by atoms with van der Waals surface area (Å²) in [5.74, 6) is 1.02. The van der Waals surface area contributed by atoms with Crippen molar-refractivity contribution in [3.8, 4) is 11.4 Å². The summed E-state index contributed by atoms with van der Waals surface area (Å²) < 4.78 is 11.1. The molecule has 1 aliphatic heterocycles. The predicted molar refractivity (Wildman–Crippen MR) is 100.0 cm³/mol. The van der Waals surface area contributed by atoms with Crippen molar-refractivity contribution in [3.05, 3.63) is 30.1 Å². The van der Waals surface area contributed by atoms with E-state index in [9.17, 15) is 4.79 Å². The summed E-state index contributed by atoms with van der Waals surface area (Å²) in [5.41, 5.74) is 7.05. The molecular weight excluding hydrogens is 358 g/mol. The van der Waals surface area contributed by atoms with E-state index >= 15 is 0 Å². The maximum atomic E-state index is 12.2. The van der Waals surface area contributed by atoms with Gasteiger partial charge >= 0.3 is 0 Å². The largest absolute Gasteiger partial charge is 0.376 e. The molecule has 3 rings (SSSR count). The number of rotatable bonds is 7. The van der Waals surface area contributed by atoms with Crippen LogP contribution in [-0.2, 0) is 20.8 Å². The summed E-state index contributed by atoms with van der Waals surface area (Å²) in [6, 6.07) is 7.30. The van der Waals surface area contributed by atoms with Crippen molar-refractivity contribution in [1.29, 1.82) is 0 Å². The summed E-state index contributed by atoms with van der Waals surface area (Å²) >= 11 is 0. The molecule has 1 saturated heterocycles. The summed E-state index contributed by atoms with van der Waals surface area (Å²) in [5, 5.41) is 9.71. The predicted octanol–water partition coefficient (Wildman–Crippen LogP) is 1.87. The van der Waals surface area contributed by atoms with E-state index in [1.54, 1.807) is 19.1 Å². The number of carbonyl (C=O) groups excluding carboxylic acids is 1. The molecule has 4 N–H and O–H groups in total. The second-order valence-electron chi connectivity index (χ2n) is 5.99. The first kappa shape index (κ1) is 20.3. The number of nitrogens with two attached hydrogens (primary N) is 1. The van der Waals surface area contributed by atoms with Crippen LogP contribution in [0.25, 0.3) is 11.4 Å². The number of anilines is 1. The number of nitrogens with zero attached hydrogens (tertiary/aromatic N) is 2. The Labute approximate surface area is 158 Å². The highest BCUT2D eigenvalue weighted by atomic mass is 35.5. The first-order chi connectivity index (χ1) is 12.2. The highest BCUT2D eigenvalue weighted by Crippen LogP contribution is 2.18. The molecule has 0 aliphatic carbocycles. The molecule has 2 aromatic rings. The van der Waals surface area contributed by atoms with Gasteiger partial charge in [0.1, 0.15) is 11.9 Å². The summed E-state index contributed by atoms with van der Waals surface area (Å²) in [6.45, 7) is 3.27. The van der Waals surface area contributed by atoms with E-state index in [1.165, 1.54) is 0 Å². The van der Waals surface area contributed by atoms with Crippen LogP contribution in [0.15, 0.2) is 24.3 Å². The van der Waals surface area contributed by atoms with Crippen LogP contribution in [0.5, 0.6) is 0 Å². The van der Waals surface area contributed by atoms with Crippen molar-refractivity contribution >= 4 is 24.0 Å². The van der Waals surface area contributed by atoms with Gasteiger partial charge in [0, 0.05) is 17.9 Å². The Bertz CT molecular complexity index is 701. The fraction of sp³-hybridized carbons (Fsp3) is 0.471. The van der Waals surface area contributed by atoms with Crippen LogP contribution < -0.4 is 11.1 Å². The molecule has 26 heavy (non-hydrogen) atoms. The number of hydrogen-bond donors (Lipinski definition) is 3. The number of ether oxygens (including phenoxy) is 2. The van der Waals surface area contributed by atoms with Gasteiger partial charge in [0.25, 0.3) is 5.91 Å². The van der Waals surface area contributed by atoms with Crippen molar-refractivity contribution in [3.63, 3.8) is 0 Å². The monoisotopic (exact) mass is 381 g/mol. The van der Waals surface area contributed by atoms with Crippen LogP contribution in [0.3, 0.4) is 0 Å². The minimum absolute atomic E-state index is 0. The number of aromatic amines is 1. The van der Waals surface area contributed by atoms with Crippen LogP contribution in [0, 0.1) is 0 Å². The average molecular weight is 382 g/mol. The normalized spacial score (nSPS) is 17.5. The van der Waals surface area contributed by atoms with Gasteiger partial charge in [-0.25, -0.2) is 4.98 Å². The fourth-order valence-electron chi connectivity index (χ4n) is 2.57. The number of H-pyrrole nitrogens is 1. The van der Waals surface area contributed by atoms with Gasteiger partial charge in [-0.1, -0.05) is 0 Å². The minimum atomic E-state index is -0.538. The van der Waals surface area contributed by atoms with Gasteiger partial charge in [-0.3, -0.25) is 9.89 Å². The first-order valence-electron chi connectivity index (χ1n) is 8.41. The lowest BCUT2D eigenvalue weighted by atomic mass is 10.2. The fourth-order valence-corrected chi connectivity index (χ4v) is 2.57. The van der Waals surface area contributed by atoms with Gasteiger partial charge in [-0.15, -0.1) is 12.4 Å². The van der Waals surface area contributed by atoms with Crippen LogP contribution in [0.4, 0.5) is 5.69 Å². The molecule has 0 spiro atoms. The van der Waals surface area contributed by atoms with E-state index in [0.717, 1.165) is 25.0 Å². The summed E-state index contributed by atoms with van der Waals surface area (Å²) in [4.78, 5) is 16.5. The van der Waals surface area contributed by atoms with Gasteiger partial charge in [-0.05, 0) is 44.0 Å². The smallest absolute Gasteiger partial charge is 0.253 e. The number of benzene rings is 1. The maximum absolute atomic E-state index is 12.2. The van der Waals surface area contributed by atoms with E-state index in [1.807, 2.05) is 12.1 Å². The van der Waals surface area contributed by atoms with Crippen LogP contribution in [0.1, 0.15) is 25.6 Å². The zero-order chi connectivity index (χ0) is 17.6.